The van der Waals surface area contributed by atoms with Gasteiger partial charge in [-0.3, -0.25) is 4.90 Å². The largest absolute Gasteiger partial charge is 0.316 e. The van der Waals surface area contributed by atoms with Crippen LogP contribution in [0.1, 0.15) is 38.3 Å². The van der Waals surface area contributed by atoms with Gasteiger partial charge in [-0.05, 0) is 30.9 Å². The van der Waals surface area contributed by atoms with Gasteiger partial charge in [0.1, 0.15) is 11.6 Å². The van der Waals surface area contributed by atoms with Gasteiger partial charge in [-0.25, -0.2) is 8.78 Å². The lowest BCUT2D eigenvalue weighted by Gasteiger charge is -2.41. The molecule has 0 bridgehead atoms. The summed E-state index contributed by atoms with van der Waals surface area (Å²) in [5, 5.41) is 3.46. The van der Waals surface area contributed by atoms with E-state index in [0.717, 1.165) is 58.3 Å². The minimum atomic E-state index is -0.505. The summed E-state index contributed by atoms with van der Waals surface area (Å²) < 4.78 is 27.3. The smallest absolute Gasteiger partial charge is 0.130 e. The van der Waals surface area contributed by atoms with E-state index in [1.807, 2.05) is 0 Å². The van der Waals surface area contributed by atoms with Crippen LogP contribution in [0.2, 0.25) is 0 Å². The minimum absolute atomic E-state index is 0.0384. The van der Waals surface area contributed by atoms with E-state index in [-0.39, 0.29) is 6.04 Å². The van der Waals surface area contributed by atoms with Gasteiger partial charge in [0.05, 0.1) is 0 Å². The third-order valence-electron chi connectivity index (χ3n) is 5.62. The maximum absolute atomic E-state index is 14.2. The predicted molar refractivity (Wildman–Crippen MR) is 93.0 cm³/mol. The molecule has 3 nitrogen and oxygen atoms in total. The molecule has 0 spiro atoms. The summed E-state index contributed by atoms with van der Waals surface area (Å²) in [4.78, 5) is 4.89. The third-order valence-corrected chi connectivity index (χ3v) is 5.62. The molecule has 0 aliphatic carbocycles. The van der Waals surface area contributed by atoms with E-state index in [1.165, 1.54) is 12.5 Å². The average molecular weight is 337 g/mol. The Bertz CT molecular complexity index is 550. The fourth-order valence-electron chi connectivity index (χ4n) is 4.22. The van der Waals surface area contributed by atoms with E-state index in [1.54, 1.807) is 6.07 Å². The van der Waals surface area contributed by atoms with Gasteiger partial charge in [0, 0.05) is 56.9 Å². The van der Waals surface area contributed by atoms with Crippen LogP contribution in [-0.4, -0.2) is 55.6 Å². The second-order valence-electron chi connectivity index (χ2n) is 7.64. The number of hydrogen-bond donors (Lipinski definition) is 1. The van der Waals surface area contributed by atoms with Crippen molar-refractivity contribution in [1.82, 2.24) is 15.1 Å². The number of rotatable bonds is 5. The molecule has 1 aromatic rings. The highest BCUT2D eigenvalue weighted by atomic mass is 19.1. The Morgan fingerprint density at radius 3 is 2.54 bits per heavy atom. The lowest BCUT2D eigenvalue weighted by atomic mass is 9.89. The molecule has 2 aliphatic rings. The summed E-state index contributed by atoms with van der Waals surface area (Å²) >= 11 is 0. The molecule has 2 heterocycles. The van der Waals surface area contributed by atoms with Crippen LogP contribution in [-0.2, 0) is 0 Å². The molecular weight excluding hydrogens is 308 g/mol. The van der Waals surface area contributed by atoms with Crippen molar-refractivity contribution < 1.29 is 8.78 Å². The molecule has 1 N–H and O–H groups in total. The highest BCUT2D eigenvalue weighted by Crippen LogP contribution is 2.30. The minimum Gasteiger partial charge on any atom is -0.316 e. The van der Waals surface area contributed by atoms with Gasteiger partial charge >= 0.3 is 0 Å². The van der Waals surface area contributed by atoms with Crippen LogP contribution in [0.4, 0.5) is 8.78 Å². The molecule has 134 valence electrons. The molecule has 2 atom stereocenters. The van der Waals surface area contributed by atoms with Crippen molar-refractivity contribution in [1.29, 1.82) is 0 Å². The zero-order valence-corrected chi connectivity index (χ0v) is 14.8. The van der Waals surface area contributed by atoms with Crippen molar-refractivity contribution in [2.45, 2.75) is 32.7 Å². The number of nitrogens with one attached hydrogen (secondary N) is 1. The Hall–Kier alpha value is -1.04. The summed E-state index contributed by atoms with van der Waals surface area (Å²) in [5.41, 5.74) is 1.01. The third kappa shape index (κ3) is 3.95. The molecule has 2 unspecified atom stereocenters. The summed E-state index contributed by atoms with van der Waals surface area (Å²) in [6.07, 6.45) is 2.08. The van der Waals surface area contributed by atoms with E-state index in [0.29, 0.717) is 11.0 Å². The first-order valence-corrected chi connectivity index (χ1v) is 9.13. The van der Waals surface area contributed by atoms with Crippen molar-refractivity contribution in [3.8, 4) is 0 Å². The second kappa shape index (κ2) is 7.46. The van der Waals surface area contributed by atoms with Gasteiger partial charge < -0.3 is 10.2 Å². The Labute approximate surface area is 144 Å². The fourth-order valence-corrected chi connectivity index (χ4v) is 4.22. The van der Waals surface area contributed by atoms with Crippen LogP contribution in [0.15, 0.2) is 18.2 Å². The van der Waals surface area contributed by atoms with Gasteiger partial charge in [-0.15, -0.1) is 0 Å². The van der Waals surface area contributed by atoms with Crippen molar-refractivity contribution in [3.05, 3.63) is 35.4 Å². The number of halogens is 2. The monoisotopic (exact) mass is 337 g/mol. The topological polar surface area (TPSA) is 18.5 Å². The maximum atomic E-state index is 14.2. The molecule has 0 radical (unpaired) electrons. The Kier molecular flexibility index (Phi) is 5.52. The lowest BCUT2D eigenvalue weighted by molar-refractivity contribution is 0.0689. The van der Waals surface area contributed by atoms with E-state index < -0.39 is 11.6 Å². The van der Waals surface area contributed by atoms with E-state index in [2.05, 4.69) is 29.0 Å². The molecule has 0 saturated carbocycles. The molecule has 2 saturated heterocycles. The Balaban J connectivity index is 1.60. The van der Waals surface area contributed by atoms with Gasteiger partial charge in [-0.1, -0.05) is 19.9 Å². The number of nitrogens with zero attached hydrogens (tertiary/aromatic N) is 2. The molecular formula is C19H29F2N3. The zero-order chi connectivity index (χ0) is 17.2. The van der Waals surface area contributed by atoms with Crippen LogP contribution < -0.4 is 5.32 Å². The quantitative estimate of drug-likeness (QED) is 0.891. The molecule has 3 rings (SSSR count). The Morgan fingerprint density at radius 2 is 1.96 bits per heavy atom. The molecule has 5 heteroatoms. The number of piperazine rings is 1. The van der Waals surface area contributed by atoms with Gasteiger partial charge in [0.15, 0.2) is 0 Å². The molecule has 0 amide bonds. The average Bonchev–Trinajstić information content (AvgIpc) is 2.98. The normalized spacial score (nSPS) is 27.5. The predicted octanol–water partition coefficient (Wildman–Crippen LogP) is 3.03. The summed E-state index contributed by atoms with van der Waals surface area (Å²) in [6.45, 7) is 11.7. The number of hydrogen-bond acceptors (Lipinski definition) is 3. The first-order valence-electron chi connectivity index (χ1n) is 9.13. The highest BCUT2D eigenvalue weighted by molar-refractivity contribution is 5.22. The molecule has 24 heavy (non-hydrogen) atoms. The first-order chi connectivity index (χ1) is 11.5. The first kappa shape index (κ1) is 17.8. The van der Waals surface area contributed by atoms with Crippen LogP contribution in [0.25, 0.3) is 0 Å². The van der Waals surface area contributed by atoms with E-state index >= 15 is 0 Å². The van der Waals surface area contributed by atoms with Crippen molar-refractivity contribution in [3.63, 3.8) is 0 Å². The van der Waals surface area contributed by atoms with Crippen LogP contribution in [0.5, 0.6) is 0 Å². The van der Waals surface area contributed by atoms with Gasteiger partial charge in [-0.2, -0.15) is 0 Å². The molecule has 2 aliphatic heterocycles. The number of benzene rings is 1. The standard InChI is InChI=1S/C19H29F2N3/c1-3-18(16-5-4-15(20)12-17(16)21)24-10-8-23(9-11-24)14-19(2)6-7-22-13-19/h4-5,12,18,22H,3,6-11,13-14H2,1-2H3. The summed E-state index contributed by atoms with van der Waals surface area (Å²) in [6, 6.07) is 4.01. The summed E-state index contributed by atoms with van der Waals surface area (Å²) in [5.74, 6) is -0.928. The van der Waals surface area contributed by atoms with Gasteiger partial charge in [0.25, 0.3) is 0 Å². The molecule has 1 aromatic carbocycles. The highest BCUT2D eigenvalue weighted by Gasteiger charge is 2.33. The van der Waals surface area contributed by atoms with Crippen molar-refractivity contribution in [2.75, 3.05) is 45.8 Å². The second-order valence-corrected chi connectivity index (χ2v) is 7.64. The lowest BCUT2D eigenvalue weighted by Crippen LogP contribution is -2.50. The van der Waals surface area contributed by atoms with Crippen LogP contribution in [0, 0.1) is 17.0 Å². The zero-order valence-electron chi connectivity index (χ0n) is 14.8. The maximum Gasteiger partial charge on any atom is 0.130 e. The van der Waals surface area contributed by atoms with E-state index in [4.69, 9.17) is 0 Å². The fraction of sp³-hybridized carbons (Fsp3) is 0.684. The summed E-state index contributed by atoms with van der Waals surface area (Å²) in [7, 11) is 0. The Morgan fingerprint density at radius 1 is 1.21 bits per heavy atom. The molecule has 2 fully saturated rings. The van der Waals surface area contributed by atoms with Crippen molar-refractivity contribution in [2.24, 2.45) is 5.41 Å². The SMILES string of the molecule is CCC(c1ccc(F)cc1F)N1CCN(CC2(C)CCNC2)CC1. The van der Waals surface area contributed by atoms with E-state index in [9.17, 15) is 8.78 Å². The van der Waals surface area contributed by atoms with Crippen LogP contribution >= 0.6 is 0 Å². The molecule has 0 aromatic heterocycles. The van der Waals surface area contributed by atoms with Crippen molar-refractivity contribution >= 4 is 0 Å². The van der Waals surface area contributed by atoms with Crippen LogP contribution in [0.3, 0.4) is 0 Å². The van der Waals surface area contributed by atoms with Gasteiger partial charge in [0.2, 0.25) is 0 Å².